The number of benzene rings is 2. The molecule has 8 heteroatoms. The van der Waals surface area contributed by atoms with Gasteiger partial charge in [0.25, 0.3) is 11.8 Å². The number of hydrogen-bond acceptors (Lipinski definition) is 5. The molecule has 1 aliphatic rings. The van der Waals surface area contributed by atoms with Gasteiger partial charge >= 0.3 is 0 Å². The van der Waals surface area contributed by atoms with E-state index in [1.54, 1.807) is 36.5 Å². The van der Waals surface area contributed by atoms with Crippen LogP contribution in [0.15, 0.2) is 60.9 Å². The van der Waals surface area contributed by atoms with Crippen LogP contribution in [-0.2, 0) is 6.54 Å². The number of halogens is 1. The van der Waals surface area contributed by atoms with Crippen LogP contribution in [-0.4, -0.2) is 23.6 Å². The topological polar surface area (TPSA) is 89.6 Å². The number of aromatic nitrogens is 1. The molecule has 3 aromatic rings. The van der Waals surface area contributed by atoms with Crippen LogP contribution in [0.25, 0.3) is 0 Å². The summed E-state index contributed by atoms with van der Waals surface area (Å²) in [6.45, 7) is 0.464. The van der Waals surface area contributed by atoms with Crippen molar-refractivity contribution in [3.63, 3.8) is 0 Å². The molecule has 0 atom stereocenters. The molecule has 0 spiro atoms. The van der Waals surface area contributed by atoms with Crippen LogP contribution in [0.3, 0.4) is 0 Å². The first-order valence-corrected chi connectivity index (χ1v) is 9.15. The smallest absolute Gasteiger partial charge is 0.257 e. The van der Waals surface area contributed by atoms with Gasteiger partial charge in [0, 0.05) is 24.0 Å². The third-order valence-corrected chi connectivity index (χ3v) is 4.52. The molecule has 1 aromatic heterocycles. The fourth-order valence-electron chi connectivity index (χ4n) is 2.83. The molecule has 0 radical (unpaired) electrons. The summed E-state index contributed by atoms with van der Waals surface area (Å²) in [5.41, 5.74) is 1.85. The van der Waals surface area contributed by atoms with Crippen LogP contribution in [0, 0.1) is 0 Å². The molecule has 0 aliphatic carbocycles. The van der Waals surface area contributed by atoms with E-state index >= 15 is 0 Å². The average Bonchev–Trinajstić information content (AvgIpc) is 3.21. The lowest BCUT2D eigenvalue weighted by atomic mass is 10.1. The molecule has 0 fully saturated rings. The van der Waals surface area contributed by atoms with Crippen LogP contribution in [0.4, 0.5) is 5.69 Å². The zero-order chi connectivity index (χ0) is 20.2. The van der Waals surface area contributed by atoms with Crippen LogP contribution >= 0.6 is 11.6 Å². The van der Waals surface area contributed by atoms with Crippen molar-refractivity contribution >= 4 is 29.1 Å². The molecule has 0 unspecified atom stereocenters. The molecular weight excluding hydrogens is 394 g/mol. The predicted molar refractivity (Wildman–Crippen MR) is 107 cm³/mol. The third kappa shape index (κ3) is 4.30. The van der Waals surface area contributed by atoms with Gasteiger partial charge < -0.3 is 20.1 Å². The minimum atomic E-state index is -0.370. The van der Waals surface area contributed by atoms with E-state index in [2.05, 4.69) is 15.6 Å². The standard InChI is InChI=1S/C21H16ClN3O4/c22-15-4-5-17(25-20(26)14-2-1-7-23-11-14)16(9-15)21(27)24-10-13-3-6-18-19(8-13)29-12-28-18/h1-9,11H,10,12H2,(H,24,27)(H,25,26). The number of pyridine rings is 1. The summed E-state index contributed by atoms with van der Waals surface area (Å²) in [5.74, 6) is 0.580. The Morgan fingerprint density at radius 2 is 1.90 bits per heavy atom. The van der Waals surface area contributed by atoms with E-state index in [4.69, 9.17) is 21.1 Å². The Morgan fingerprint density at radius 3 is 2.72 bits per heavy atom. The molecule has 7 nitrogen and oxygen atoms in total. The molecule has 0 saturated carbocycles. The van der Waals surface area contributed by atoms with Gasteiger partial charge in [-0.05, 0) is 48.0 Å². The van der Waals surface area contributed by atoms with E-state index in [0.29, 0.717) is 27.8 Å². The van der Waals surface area contributed by atoms with Crippen molar-refractivity contribution in [3.05, 3.63) is 82.6 Å². The molecule has 0 saturated heterocycles. The number of nitrogens with one attached hydrogen (secondary N) is 2. The maximum atomic E-state index is 12.8. The van der Waals surface area contributed by atoms with Crippen LogP contribution in [0.5, 0.6) is 11.5 Å². The van der Waals surface area contributed by atoms with Gasteiger partial charge in [0.15, 0.2) is 11.5 Å². The fraction of sp³-hybridized carbons (Fsp3) is 0.0952. The summed E-state index contributed by atoms with van der Waals surface area (Å²) in [6, 6.07) is 13.5. The molecule has 2 N–H and O–H groups in total. The Hall–Kier alpha value is -3.58. The summed E-state index contributed by atoms with van der Waals surface area (Å²) in [7, 11) is 0. The number of nitrogens with zero attached hydrogens (tertiary/aromatic N) is 1. The largest absolute Gasteiger partial charge is 0.454 e. The van der Waals surface area contributed by atoms with Gasteiger partial charge in [-0.15, -0.1) is 0 Å². The normalized spacial score (nSPS) is 11.8. The monoisotopic (exact) mass is 409 g/mol. The van der Waals surface area contributed by atoms with Crippen molar-refractivity contribution in [2.45, 2.75) is 6.54 Å². The number of carbonyl (C=O) groups excluding carboxylic acids is 2. The number of amides is 2. The highest BCUT2D eigenvalue weighted by Gasteiger charge is 2.17. The van der Waals surface area contributed by atoms with Crippen LogP contribution in [0.1, 0.15) is 26.3 Å². The Kier molecular flexibility index (Phi) is 5.31. The molecule has 2 amide bonds. The summed E-state index contributed by atoms with van der Waals surface area (Å²) < 4.78 is 10.6. The summed E-state index contributed by atoms with van der Waals surface area (Å²) in [6.07, 6.45) is 3.03. The second kappa shape index (κ2) is 8.20. The Balaban J connectivity index is 1.49. The fourth-order valence-corrected chi connectivity index (χ4v) is 3.01. The van der Waals surface area contributed by atoms with E-state index < -0.39 is 0 Å². The molecular formula is C21H16ClN3O4. The molecule has 1 aliphatic heterocycles. The number of anilines is 1. The molecule has 4 rings (SSSR count). The highest BCUT2D eigenvalue weighted by atomic mass is 35.5. The van der Waals surface area contributed by atoms with Gasteiger partial charge in [-0.1, -0.05) is 17.7 Å². The summed E-state index contributed by atoms with van der Waals surface area (Å²) >= 11 is 6.06. The van der Waals surface area contributed by atoms with E-state index in [1.807, 2.05) is 12.1 Å². The van der Waals surface area contributed by atoms with Gasteiger partial charge in [0.1, 0.15) is 0 Å². The third-order valence-electron chi connectivity index (χ3n) is 4.29. The zero-order valence-corrected chi connectivity index (χ0v) is 15.9. The number of hydrogen-bond donors (Lipinski definition) is 2. The van der Waals surface area contributed by atoms with E-state index in [0.717, 1.165) is 5.56 Å². The van der Waals surface area contributed by atoms with E-state index in [9.17, 15) is 9.59 Å². The van der Waals surface area contributed by atoms with E-state index in [-0.39, 0.29) is 30.7 Å². The van der Waals surface area contributed by atoms with Gasteiger partial charge in [-0.25, -0.2) is 0 Å². The Morgan fingerprint density at radius 1 is 1.03 bits per heavy atom. The van der Waals surface area contributed by atoms with Gasteiger partial charge in [0.2, 0.25) is 6.79 Å². The second-order valence-corrected chi connectivity index (χ2v) is 6.69. The lowest BCUT2D eigenvalue weighted by Crippen LogP contribution is -2.25. The first kappa shape index (κ1) is 18.8. The maximum Gasteiger partial charge on any atom is 0.257 e. The number of carbonyl (C=O) groups is 2. The van der Waals surface area contributed by atoms with Crippen molar-refractivity contribution in [1.82, 2.24) is 10.3 Å². The van der Waals surface area contributed by atoms with Crippen molar-refractivity contribution in [2.75, 3.05) is 12.1 Å². The molecule has 146 valence electrons. The minimum absolute atomic E-state index is 0.188. The lowest BCUT2D eigenvalue weighted by Gasteiger charge is -2.12. The first-order valence-electron chi connectivity index (χ1n) is 8.78. The molecule has 2 heterocycles. The van der Waals surface area contributed by atoms with E-state index in [1.165, 1.54) is 12.3 Å². The van der Waals surface area contributed by atoms with Crippen LogP contribution in [0.2, 0.25) is 5.02 Å². The van der Waals surface area contributed by atoms with Gasteiger partial charge in [-0.2, -0.15) is 0 Å². The highest BCUT2D eigenvalue weighted by molar-refractivity contribution is 6.31. The maximum absolute atomic E-state index is 12.8. The Bertz CT molecular complexity index is 1070. The average molecular weight is 410 g/mol. The van der Waals surface area contributed by atoms with Crippen molar-refractivity contribution in [2.24, 2.45) is 0 Å². The zero-order valence-electron chi connectivity index (χ0n) is 15.1. The predicted octanol–water partition coefficient (Wildman–Crippen LogP) is 3.65. The van der Waals surface area contributed by atoms with Crippen LogP contribution < -0.4 is 20.1 Å². The van der Waals surface area contributed by atoms with Crippen molar-refractivity contribution < 1.29 is 19.1 Å². The molecule has 29 heavy (non-hydrogen) atoms. The van der Waals surface area contributed by atoms with Crippen molar-refractivity contribution in [3.8, 4) is 11.5 Å². The minimum Gasteiger partial charge on any atom is -0.454 e. The van der Waals surface area contributed by atoms with Gasteiger partial charge in [-0.3, -0.25) is 14.6 Å². The SMILES string of the molecule is O=C(Nc1ccc(Cl)cc1C(=O)NCc1ccc2c(c1)OCO2)c1cccnc1. The Labute approximate surface area is 171 Å². The quantitative estimate of drug-likeness (QED) is 0.671. The summed E-state index contributed by atoms with van der Waals surface area (Å²) in [5, 5.41) is 5.95. The number of ether oxygens (including phenoxy) is 2. The number of fused-ring (bicyclic) bond motifs is 1. The van der Waals surface area contributed by atoms with Gasteiger partial charge in [0.05, 0.1) is 16.8 Å². The lowest BCUT2D eigenvalue weighted by molar-refractivity contribution is 0.0951. The summed E-state index contributed by atoms with van der Waals surface area (Å²) in [4.78, 5) is 29.1. The highest BCUT2D eigenvalue weighted by Crippen LogP contribution is 2.32. The molecule has 2 aromatic carbocycles. The molecule has 0 bridgehead atoms. The van der Waals surface area contributed by atoms with Crippen molar-refractivity contribution in [1.29, 1.82) is 0 Å². The first-order chi connectivity index (χ1) is 14.1. The second-order valence-electron chi connectivity index (χ2n) is 6.26. The number of rotatable bonds is 5.